The van der Waals surface area contributed by atoms with Crippen LogP contribution in [-0.4, -0.2) is 61.0 Å². The number of methoxy groups -OCH3 is 2. The summed E-state index contributed by atoms with van der Waals surface area (Å²) in [5, 5.41) is 5.51. The van der Waals surface area contributed by atoms with E-state index in [1.165, 1.54) is 18.4 Å². The fraction of sp³-hybridized carbons (Fsp3) is 0.600. The van der Waals surface area contributed by atoms with Crippen molar-refractivity contribution in [3.63, 3.8) is 0 Å². The maximum Gasteiger partial charge on any atom is 0.308 e. The molecule has 0 saturated carbocycles. The molecule has 0 spiro atoms. The molecule has 8 nitrogen and oxygen atoms in total. The van der Waals surface area contributed by atoms with E-state index in [0.29, 0.717) is 36.4 Å². The molecular weight excluding hydrogens is 514 g/mol. The first-order chi connectivity index (χ1) is 18.6. The van der Waals surface area contributed by atoms with Crippen LogP contribution in [0.5, 0.6) is 0 Å². The van der Waals surface area contributed by atoms with Gasteiger partial charge in [0.05, 0.1) is 13.0 Å². The van der Waals surface area contributed by atoms with Gasteiger partial charge < -0.3 is 19.7 Å². The van der Waals surface area contributed by atoms with Crippen LogP contribution in [0.2, 0.25) is 0 Å². The van der Waals surface area contributed by atoms with Gasteiger partial charge in [-0.1, -0.05) is 64.4 Å². The minimum Gasteiger partial charge on any atom is -0.469 e. The number of rotatable bonds is 16. The van der Waals surface area contributed by atoms with E-state index in [1.807, 2.05) is 42.3 Å². The van der Waals surface area contributed by atoms with Crippen LogP contribution in [0.25, 0.3) is 0 Å². The van der Waals surface area contributed by atoms with Crippen molar-refractivity contribution < 1.29 is 23.9 Å². The molecule has 2 rings (SSSR count). The average molecular weight is 560 g/mol. The van der Waals surface area contributed by atoms with Gasteiger partial charge in [0.1, 0.15) is 16.8 Å². The molecule has 0 fully saturated rings. The lowest BCUT2D eigenvalue weighted by Crippen LogP contribution is -2.41. The Morgan fingerprint density at radius 3 is 2.36 bits per heavy atom. The minimum atomic E-state index is -0.363. The molecule has 0 aliphatic rings. The monoisotopic (exact) mass is 559 g/mol. The van der Waals surface area contributed by atoms with Crippen molar-refractivity contribution >= 4 is 29.1 Å². The predicted octanol–water partition coefficient (Wildman–Crippen LogP) is 5.43. The van der Waals surface area contributed by atoms with Crippen LogP contribution in [0.15, 0.2) is 35.7 Å². The van der Waals surface area contributed by atoms with Gasteiger partial charge in [0.2, 0.25) is 5.91 Å². The van der Waals surface area contributed by atoms with Crippen molar-refractivity contribution in [2.75, 3.05) is 21.3 Å². The zero-order valence-corrected chi connectivity index (χ0v) is 25.3. The number of unbranched alkanes of at least 4 members (excludes halogenated alkanes) is 1. The fourth-order valence-electron chi connectivity index (χ4n) is 4.70. The molecule has 9 heteroatoms. The van der Waals surface area contributed by atoms with Gasteiger partial charge in [-0.15, -0.1) is 11.3 Å². The van der Waals surface area contributed by atoms with E-state index in [4.69, 9.17) is 9.47 Å². The lowest BCUT2D eigenvalue weighted by molar-refractivity contribution is -0.145. The summed E-state index contributed by atoms with van der Waals surface area (Å²) < 4.78 is 10.7. The molecule has 1 unspecified atom stereocenters. The Morgan fingerprint density at radius 2 is 1.77 bits per heavy atom. The van der Waals surface area contributed by atoms with Gasteiger partial charge >= 0.3 is 5.97 Å². The molecule has 216 valence electrons. The van der Waals surface area contributed by atoms with Crippen LogP contribution < -0.4 is 5.32 Å². The number of esters is 1. The Hall–Kier alpha value is -2.78. The second-order valence-corrected chi connectivity index (χ2v) is 11.4. The number of amides is 2. The standard InChI is InChI=1S/C30H45N3O5S/c1-8-9-15-27(34)33(5)25(20(2)3)18-26(37-6)29-32-24(19-39-29)28(35)31-23(16-21(4)30(36)38-7)17-22-13-11-10-12-14-22/h10-14,19-21,23,25-26H,8-9,15-18H2,1-7H3,(H,31,35)/t21-,23+,25?,26+/m0/s1. The topological polar surface area (TPSA) is 97.8 Å². The first kappa shape index (κ1) is 32.4. The first-order valence-electron chi connectivity index (χ1n) is 13.8. The summed E-state index contributed by atoms with van der Waals surface area (Å²) in [5.74, 6) is -0.596. The summed E-state index contributed by atoms with van der Waals surface area (Å²) in [4.78, 5) is 44.5. The van der Waals surface area contributed by atoms with Crippen LogP contribution in [0, 0.1) is 11.8 Å². The molecule has 1 heterocycles. The van der Waals surface area contributed by atoms with E-state index in [9.17, 15) is 14.4 Å². The zero-order valence-electron chi connectivity index (χ0n) is 24.4. The molecule has 0 saturated heterocycles. The molecule has 4 atom stereocenters. The lowest BCUT2D eigenvalue weighted by atomic mass is 9.96. The normalized spacial score (nSPS) is 14.4. The number of carbonyl (C=O) groups excluding carboxylic acids is 3. The van der Waals surface area contributed by atoms with Crippen molar-refractivity contribution in [2.24, 2.45) is 11.8 Å². The van der Waals surface area contributed by atoms with Crippen LogP contribution in [-0.2, 0) is 25.5 Å². The van der Waals surface area contributed by atoms with Gasteiger partial charge in [0.15, 0.2) is 0 Å². The highest BCUT2D eigenvalue weighted by Crippen LogP contribution is 2.30. The molecule has 0 aliphatic carbocycles. The minimum absolute atomic E-state index is 0.0180. The Balaban J connectivity index is 2.15. The molecular formula is C30H45N3O5S. The molecule has 39 heavy (non-hydrogen) atoms. The Morgan fingerprint density at radius 1 is 1.08 bits per heavy atom. The van der Waals surface area contributed by atoms with Gasteiger partial charge in [-0.05, 0) is 30.7 Å². The summed E-state index contributed by atoms with van der Waals surface area (Å²) >= 11 is 1.38. The van der Waals surface area contributed by atoms with Crippen LogP contribution in [0.4, 0.5) is 0 Å². The van der Waals surface area contributed by atoms with E-state index in [2.05, 4.69) is 31.1 Å². The largest absolute Gasteiger partial charge is 0.469 e. The van der Waals surface area contributed by atoms with Crippen molar-refractivity contribution in [1.29, 1.82) is 0 Å². The van der Waals surface area contributed by atoms with E-state index in [0.717, 1.165) is 18.4 Å². The second kappa shape index (κ2) is 16.4. The third-order valence-electron chi connectivity index (χ3n) is 7.08. The van der Waals surface area contributed by atoms with E-state index in [-0.39, 0.29) is 47.8 Å². The third kappa shape index (κ3) is 10.0. The van der Waals surface area contributed by atoms with E-state index < -0.39 is 0 Å². The number of hydrogen-bond acceptors (Lipinski definition) is 7. The van der Waals surface area contributed by atoms with E-state index >= 15 is 0 Å². The van der Waals surface area contributed by atoms with Crippen molar-refractivity contribution in [3.05, 3.63) is 52.0 Å². The van der Waals surface area contributed by atoms with Gasteiger partial charge in [-0.2, -0.15) is 0 Å². The Bertz CT molecular complexity index is 1040. The SMILES string of the molecule is CCCCC(=O)N(C)C(C[C@@H](OC)c1nc(C(=O)N[C@@H](Cc2ccccc2)C[C@H](C)C(=O)OC)cs1)C(C)C. The van der Waals surface area contributed by atoms with Crippen molar-refractivity contribution in [1.82, 2.24) is 15.2 Å². The van der Waals surface area contributed by atoms with E-state index in [1.54, 1.807) is 19.4 Å². The number of benzene rings is 1. The van der Waals surface area contributed by atoms with Gasteiger partial charge in [-0.25, -0.2) is 4.98 Å². The Kier molecular flexibility index (Phi) is 13.6. The summed E-state index contributed by atoms with van der Waals surface area (Å²) in [6, 6.07) is 9.56. The third-order valence-corrected chi connectivity index (χ3v) is 8.01. The van der Waals surface area contributed by atoms with Crippen LogP contribution >= 0.6 is 11.3 Å². The Labute approximate surface area is 237 Å². The molecule has 1 aromatic heterocycles. The first-order valence-corrected chi connectivity index (χ1v) is 14.7. The molecule has 2 amide bonds. The molecule has 1 N–H and O–H groups in total. The molecule has 1 aromatic carbocycles. The van der Waals surface area contributed by atoms with Crippen molar-refractivity contribution in [3.8, 4) is 0 Å². The summed E-state index contributed by atoms with van der Waals surface area (Å²) in [6.45, 7) is 8.08. The lowest BCUT2D eigenvalue weighted by Gasteiger charge is -2.33. The van der Waals surface area contributed by atoms with Gasteiger partial charge in [0.25, 0.3) is 5.91 Å². The van der Waals surface area contributed by atoms with Crippen molar-refractivity contribution in [2.45, 2.75) is 84.4 Å². The number of ether oxygens (including phenoxy) is 2. The molecule has 0 bridgehead atoms. The van der Waals surface area contributed by atoms with Crippen LogP contribution in [0.1, 0.15) is 87.0 Å². The number of aromatic nitrogens is 1. The number of nitrogens with one attached hydrogen (secondary N) is 1. The summed E-state index contributed by atoms with van der Waals surface area (Å²) in [7, 11) is 4.86. The highest BCUT2D eigenvalue weighted by atomic mass is 32.1. The highest BCUT2D eigenvalue weighted by Gasteiger charge is 2.29. The highest BCUT2D eigenvalue weighted by molar-refractivity contribution is 7.09. The molecule has 0 radical (unpaired) electrons. The number of nitrogens with zero attached hydrogens (tertiary/aromatic N) is 2. The summed E-state index contributed by atoms with van der Waals surface area (Å²) in [5.41, 5.74) is 1.38. The quantitative estimate of drug-likeness (QED) is 0.275. The molecule has 0 aliphatic heterocycles. The maximum atomic E-state index is 13.2. The second-order valence-electron chi connectivity index (χ2n) is 10.5. The number of thiazole rings is 1. The number of hydrogen-bond donors (Lipinski definition) is 1. The van der Waals surface area contributed by atoms with Gasteiger partial charge in [0, 0.05) is 44.5 Å². The maximum absolute atomic E-state index is 13.2. The fourth-order valence-corrected chi connectivity index (χ4v) is 5.59. The predicted molar refractivity (Wildman–Crippen MR) is 155 cm³/mol. The van der Waals surface area contributed by atoms with Crippen LogP contribution in [0.3, 0.4) is 0 Å². The zero-order chi connectivity index (χ0) is 28.9. The average Bonchev–Trinajstić information content (AvgIpc) is 3.42. The summed E-state index contributed by atoms with van der Waals surface area (Å²) in [6.07, 6.45) is 3.66. The molecule has 2 aromatic rings. The smallest absolute Gasteiger partial charge is 0.308 e. The van der Waals surface area contributed by atoms with Gasteiger partial charge in [-0.3, -0.25) is 14.4 Å². The number of carbonyl (C=O) groups is 3.